The number of likely N-dealkylation sites (tertiary alicyclic amines) is 1. The van der Waals surface area contributed by atoms with E-state index in [0.29, 0.717) is 0 Å². The second-order valence-electron chi connectivity index (χ2n) is 6.41. The molecule has 0 spiro atoms. The fraction of sp³-hybridized carbons (Fsp3) is 0.562. The first-order valence-electron chi connectivity index (χ1n) is 7.70. The Morgan fingerprint density at radius 1 is 1.46 bits per heavy atom. The van der Waals surface area contributed by atoms with Crippen LogP contribution in [-0.2, 0) is 21.2 Å². The molecule has 8 heteroatoms. The number of nitrogens with zero attached hydrogens (tertiary/aromatic N) is 1. The summed E-state index contributed by atoms with van der Waals surface area (Å²) in [6.45, 7) is 1.50. The lowest BCUT2D eigenvalue weighted by Gasteiger charge is -2.42. The molecule has 134 valence electrons. The molecule has 2 rings (SSSR count). The highest BCUT2D eigenvalue weighted by Gasteiger charge is 2.47. The van der Waals surface area contributed by atoms with Gasteiger partial charge in [0.05, 0.1) is 0 Å². The maximum Gasteiger partial charge on any atom is 0.410 e. The molecule has 1 fully saturated rings. The van der Waals surface area contributed by atoms with E-state index in [1.165, 1.54) is 11.8 Å². The van der Waals surface area contributed by atoms with Gasteiger partial charge in [-0.05, 0) is 18.9 Å². The summed E-state index contributed by atoms with van der Waals surface area (Å²) in [6, 6.07) is 9.17. The Balaban J connectivity index is 2.02. The topological polar surface area (TPSA) is 89.7 Å². The molecule has 0 bridgehead atoms. The fourth-order valence-electron chi connectivity index (χ4n) is 2.78. The molecular formula is C16H23FN2O4S. The van der Waals surface area contributed by atoms with Gasteiger partial charge in [-0.2, -0.15) is 0 Å². The van der Waals surface area contributed by atoms with E-state index in [9.17, 15) is 17.6 Å². The minimum absolute atomic E-state index is 0.0152. The minimum atomic E-state index is -3.62. The lowest BCUT2D eigenvalue weighted by molar-refractivity contribution is 0.00473. The van der Waals surface area contributed by atoms with Crippen molar-refractivity contribution >= 4 is 15.9 Å². The van der Waals surface area contributed by atoms with E-state index in [1.54, 1.807) is 0 Å². The Morgan fingerprint density at radius 2 is 2.08 bits per heavy atom. The first-order chi connectivity index (χ1) is 11.1. The number of hydrogen-bond acceptors (Lipinski definition) is 5. The molecule has 0 radical (unpaired) electrons. The van der Waals surface area contributed by atoms with Crippen molar-refractivity contribution in [3.8, 4) is 0 Å². The van der Waals surface area contributed by atoms with Crippen LogP contribution < -0.4 is 5.73 Å². The molecule has 1 saturated heterocycles. The molecule has 2 N–H and O–H groups in total. The van der Waals surface area contributed by atoms with Crippen LogP contribution in [0, 0.1) is 5.92 Å². The maximum atomic E-state index is 14.7. The predicted molar refractivity (Wildman–Crippen MR) is 88.6 cm³/mol. The van der Waals surface area contributed by atoms with Crippen LogP contribution in [0.5, 0.6) is 0 Å². The molecule has 1 aromatic rings. The van der Waals surface area contributed by atoms with Crippen molar-refractivity contribution in [2.24, 2.45) is 11.7 Å². The summed E-state index contributed by atoms with van der Waals surface area (Å²) in [6.07, 6.45) is 0.391. The van der Waals surface area contributed by atoms with Crippen LogP contribution in [0.1, 0.15) is 18.9 Å². The number of ether oxygens (including phenoxy) is 1. The molecule has 1 aliphatic rings. The van der Waals surface area contributed by atoms with Gasteiger partial charge in [0, 0.05) is 25.3 Å². The van der Waals surface area contributed by atoms with Crippen LogP contribution in [0.15, 0.2) is 30.3 Å². The van der Waals surface area contributed by atoms with Crippen LogP contribution in [0.2, 0.25) is 0 Å². The number of rotatable bonds is 4. The third kappa shape index (κ3) is 4.45. The molecule has 1 aliphatic heterocycles. The van der Waals surface area contributed by atoms with E-state index >= 15 is 0 Å². The van der Waals surface area contributed by atoms with Crippen LogP contribution in [-0.4, -0.2) is 49.8 Å². The van der Waals surface area contributed by atoms with E-state index in [4.69, 9.17) is 10.5 Å². The highest BCUT2D eigenvalue weighted by Crippen LogP contribution is 2.34. The Morgan fingerprint density at radius 3 is 2.67 bits per heavy atom. The van der Waals surface area contributed by atoms with Crippen molar-refractivity contribution in [2.75, 3.05) is 19.3 Å². The van der Waals surface area contributed by atoms with Crippen molar-refractivity contribution in [1.29, 1.82) is 0 Å². The van der Waals surface area contributed by atoms with Crippen LogP contribution in [0.4, 0.5) is 9.18 Å². The van der Waals surface area contributed by atoms with Crippen molar-refractivity contribution in [3.05, 3.63) is 35.9 Å². The molecule has 6 nitrogen and oxygen atoms in total. The number of benzene rings is 1. The first-order valence-corrected chi connectivity index (χ1v) is 9.66. The number of amides is 1. The van der Waals surface area contributed by atoms with E-state index in [2.05, 4.69) is 0 Å². The van der Waals surface area contributed by atoms with Crippen molar-refractivity contribution in [1.82, 2.24) is 4.90 Å². The zero-order chi connectivity index (χ0) is 18.0. The van der Waals surface area contributed by atoms with Gasteiger partial charge in [-0.3, -0.25) is 0 Å². The average molecular weight is 358 g/mol. The molecule has 1 amide bonds. The summed E-state index contributed by atoms with van der Waals surface area (Å²) >= 11 is 0. The van der Waals surface area contributed by atoms with Crippen LogP contribution in [0.25, 0.3) is 0 Å². The number of sulfone groups is 1. The number of carbonyl (C=O) groups excluding carboxylic acids is 1. The number of hydrogen-bond donors (Lipinski definition) is 1. The summed E-state index contributed by atoms with van der Waals surface area (Å²) in [5.74, 6) is -0.995. The summed E-state index contributed by atoms with van der Waals surface area (Å²) in [5, 5.41) is -1.36. The van der Waals surface area contributed by atoms with Gasteiger partial charge in [-0.15, -0.1) is 0 Å². The van der Waals surface area contributed by atoms with Crippen molar-refractivity contribution in [3.63, 3.8) is 0 Å². The largest absolute Gasteiger partial charge is 0.445 e. The highest BCUT2D eigenvalue weighted by atomic mass is 32.2. The van der Waals surface area contributed by atoms with Gasteiger partial charge in [0.25, 0.3) is 0 Å². The third-order valence-electron chi connectivity index (χ3n) is 4.42. The second kappa shape index (κ2) is 7.06. The zero-order valence-corrected chi connectivity index (χ0v) is 14.6. The van der Waals surface area contributed by atoms with Crippen molar-refractivity contribution < 1.29 is 22.3 Å². The first kappa shape index (κ1) is 18.7. The summed E-state index contributed by atoms with van der Waals surface area (Å²) in [7, 11) is -3.62. The smallest absolute Gasteiger partial charge is 0.410 e. The molecule has 0 aliphatic carbocycles. The number of piperidine rings is 1. The van der Waals surface area contributed by atoms with E-state index in [-0.39, 0.29) is 26.1 Å². The van der Waals surface area contributed by atoms with Crippen molar-refractivity contribution in [2.45, 2.75) is 31.0 Å². The SMILES string of the molecule is CC1(F)CCN(C(=O)OCc2ccccc2)CC1C(N)S(C)(=O)=O. The van der Waals surface area contributed by atoms with Gasteiger partial charge in [0.2, 0.25) is 0 Å². The molecule has 0 aromatic heterocycles. The Bertz CT molecular complexity index is 679. The van der Waals surface area contributed by atoms with Crippen LogP contribution in [0.3, 0.4) is 0 Å². The molecular weight excluding hydrogens is 335 g/mol. The Labute approximate surface area is 141 Å². The maximum absolute atomic E-state index is 14.7. The molecule has 3 unspecified atom stereocenters. The average Bonchev–Trinajstić information content (AvgIpc) is 2.52. The number of carbonyl (C=O) groups is 1. The van der Waals surface area contributed by atoms with E-state index in [1.807, 2.05) is 30.3 Å². The molecule has 0 saturated carbocycles. The van der Waals surface area contributed by atoms with Gasteiger partial charge < -0.3 is 15.4 Å². The zero-order valence-electron chi connectivity index (χ0n) is 13.8. The standard InChI is InChI=1S/C16H23FN2O4S/c1-16(17)8-9-19(10-13(16)14(18)24(2,21)22)15(20)23-11-12-6-4-3-5-7-12/h3-7,13-14H,8-11,18H2,1-2H3. The normalized spacial score (nSPS) is 26.0. The lowest BCUT2D eigenvalue weighted by Crippen LogP contribution is -2.57. The van der Waals surface area contributed by atoms with E-state index < -0.39 is 32.9 Å². The monoisotopic (exact) mass is 358 g/mol. The summed E-state index contributed by atoms with van der Waals surface area (Å²) in [4.78, 5) is 13.5. The van der Waals surface area contributed by atoms with Crippen LogP contribution >= 0.6 is 0 Å². The molecule has 1 aromatic carbocycles. The highest BCUT2D eigenvalue weighted by molar-refractivity contribution is 7.91. The van der Waals surface area contributed by atoms with Gasteiger partial charge in [0.1, 0.15) is 17.6 Å². The number of nitrogens with two attached hydrogens (primary N) is 1. The van der Waals surface area contributed by atoms with Gasteiger partial charge >= 0.3 is 6.09 Å². The quantitative estimate of drug-likeness (QED) is 0.885. The van der Waals surface area contributed by atoms with Gasteiger partial charge in [-0.1, -0.05) is 30.3 Å². The Kier molecular flexibility index (Phi) is 5.49. The number of halogens is 1. The molecule has 3 atom stereocenters. The summed E-state index contributed by atoms with van der Waals surface area (Å²) < 4.78 is 43.3. The minimum Gasteiger partial charge on any atom is -0.445 e. The predicted octanol–water partition coefficient (Wildman–Crippen LogP) is 1.70. The summed E-state index contributed by atoms with van der Waals surface area (Å²) in [5.41, 5.74) is 4.81. The van der Waals surface area contributed by atoms with Gasteiger partial charge in [-0.25, -0.2) is 17.6 Å². The third-order valence-corrected chi connectivity index (χ3v) is 5.73. The molecule has 24 heavy (non-hydrogen) atoms. The molecule has 1 heterocycles. The fourth-order valence-corrected chi connectivity index (χ4v) is 3.75. The van der Waals surface area contributed by atoms with E-state index in [0.717, 1.165) is 11.8 Å². The second-order valence-corrected chi connectivity index (χ2v) is 8.62. The lowest BCUT2D eigenvalue weighted by atomic mass is 9.84. The van der Waals surface area contributed by atoms with Gasteiger partial charge in [0.15, 0.2) is 9.84 Å². The number of alkyl halides is 1. The Hall–Kier alpha value is -1.67.